The fraction of sp³-hybridized carbons (Fsp3) is 0.455. The van der Waals surface area contributed by atoms with E-state index in [0.29, 0.717) is 12.4 Å². The Morgan fingerprint density at radius 2 is 2.36 bits per heavy atom. The summed E-state index contributed by atoms with van der Waals surface area (Å²) in [5, 5.41) is 9.95. The predicted molar refractivity (Wildman–Crippen MR) is 54.5 cm³/mol. The largest absolute Gasteiger partial charge is 0.507 e. The molecule has 0 fully saturated rings. The van der Waals surface area contributed by atoms with Crippen molar-refractivity contribution in [3.63, 3.8) is 0 Å². The van der Waals surface area contributed by atoms with Gasteiger partial charge in [0.15, 0.2) is 0 Å². The molecule has 1 aliphatic heterocycles. The molecule has 3 N–H and O–H groups in total. The molecule has 1 aliphatic rings. The Kier molecular flexibility index (Phi) is 2.33. The van der Waals surface area contributed by atoms with Crippen LogP contribution in [0.15, 0.2) is 12.1 Å². The van der Waals surface area contributed by atoms with Crippen LogP contribution in [0.5, 0.6) is 11.5 Å². The van der Waals surface area contributed by atoms with Crippen molar-refractivity contribution in [1.82, 2.24) is 0 Å². The molecular formula is C11H15NO2. The Hall–Kier alpha value is -1.22. The first-order valence-corrected chi connectivity index (χ1v) is 4.97. The summed E-state index contributed by atoms with van der Waals surface area (Å²) in [5.41, 5.74) is 7.64. The van der Waals surface area contributed by atoms with E-state index in [0.717, 1.165) is 29.7 Å². The van der Waals surface area contributed by atoms with Gasteiger partial charge in [-0.1, -0.05) is 13.0 Å². The quantitative estimate of drug-likeness (QED) is 0.714. The fourth-order valence-electron chi connectivity index (χ4n) is 1.84. The second-order valence-electron chi connectivity index (χ2n) is 3.58. The molecule has 2 rings (SSSR count). The number of rotatable bonds is 1. The first-order valence-electron chi connectivity index (χ1n) is 4.97. The van der Waals surface area contributed by atoms with E-state index in [1.54, 1.807) is 0 Å². The Balaban J connectivity index is 2.54. The molecule has 3 nitrogen and oxygen atoms in total. The van der Waals surface area contributed by atoms with Crippen molar-refractivity contribution in [2.45, 2.75) is 25.8 Å². The van der Waals surface area contributed by atoms with Gasteiger partial charge in [0.2, 0.25) is 0 Å². The topological polar surface area (TPSA) is 55.5 Å². The molecule has 0 saturated heterocycles. The van der Waals surface area contributed by atoms with Gasteiger partial charge in [-0.05, 0) is 18.1 Å². The van der Waals surface area contributed by atoms with Crippen molar-refractivity contribution in [2.24, 2.45) is 5.73 Å². The average molecular weight is 193 g/mol. The van der Waals surface area contributed by atoms with Gasteiger partial charge in [0, 0.05) is 12.5 Å². The highest BCUT2D eigenvalue weighted by molar-refractivity contribution is 5.51. The van der Waals surface area contributed by atoms with Crippen molar-refractivity contribution in [1.29, 1.82) is 0 Å². The third-order valence-electron chi connectivity index (χ3n) is 2.70. The number of hydrogen-bond donors (Lipinski definition) is 2. The number of ether oxygens (including phenoxy) is 1. The van der Waals surface area contributed by atoms with E-state index in [4.69, 9.17) is 10.5 Å². The molecule has 14 heavy (non-hydrogen) atoms. The van der Waals surface area contributed by atoms with Gasteiger partial charge in [0.25, 0.3) is 0 Å². The lowest BCUT2D eigenvalue weighted by Crippen LogP contribution is -2.21. The Morgan fingerprint density at radius 1 is 1.57 bits per heavy atom. The number of phenolic OH excluding ortho intramolecular Hbond substituents is 1. The molecule has 1 atom stereocenters. The fourth-order valence-corrected chi connectivity index (χ4v) is 1.84. The van der Waals surface area contributed by atoms with Crippen molar-refractivity contribution >= 4 is 0 Å². The van der Waals surface area contributed by atoms with E-state index in [2.05, 4.69) is 0 Å². The third-order valence-corrected chi connectivity index (χ3v) is 2.70. The van der Waals surface area contributed by atoms with Crippen LogP contribution >= 0.6 is 0 Å². The highest BCUT2D eigenvalue weighted by atomic mass is 16.5. The highest BCUT2D eigenvalue weighted by Gasteiger charge is 2.22. The molecular weight excluding hydrogens is 178 g/mol. The van der Waals surface area contributed by atoms with E-state index >= 15 is 0 Å². The minimum absolute atomic E-state index is 0.0924. The number of hydrogen-bond acceptors (Lipinski definition) is 3. The lowest BCUT2D eigenvalue weighted by atomic mass is 9.96. The first kappa shape index (κ1) is 9.34. The van der Waals surface area contributed by atoms with Gasteiger partial charge >= 0.3 is 0 Å². The lowest BCUT2D eigenvalue weighted by molar-refractivity contribution is 0.263. The van der Waals surface area contributed by atoms with E-state index in [1.807, 2.05) is 19.1 Å². The van der Waals surface area contributed by atoms with Crippen LogP contribution in [0.1, 0.15) is 30.5 Å². The molecule has 0 aromatic heterocycles. The van der Waals surface area contributed by atoms with E-state index < -0.39 is 0 Å². The van der Waals surface area contributed by atoms with Crippen LogP contribution < -0.4 is 10.5 Å². The van der Waals surface area contributed by atoms with E-state index in [9.17, 15) is 5.11 Å². The smallest absolute Gasteiger partial charge is 0.127 e. The number of phenols is 1. The Morgan fingerprint density at radius 3 is 3.07 bits per heavy atom. The SMILES string of the molecule is CCc1ccc2c(c1O)C(N)CCO2. The van der Waals surface area contributed by atoms with Crippen LogP contribution in [-0.4, -0.2) is 11.7 Å². The van der Waals surface area contributed by atoms with Gasteiger partial charge in [0.1, 0.15) is 11.5 Å². The predicted octanol–water partition coefficient (Wildman–Crippen LogP) is 1.74. The normalized spacial score (nSPS) is 20.0. The number of fused-ring (bicyclic) bond motifs is 1. The summed E-state index contributed by atoms with van der Waals surface area (Å²) in [6.07, 6.45) is 1.58. The maximum atomic E-state index is 9.95. The van der Waals surface area contributed by atoms with Gasteiger partial charge in [0.05, 0.1) is 12.2 Å². The summed E-state index contributed by atoms with van der Waals surface area (Å²) in [5.74, 6) is 1.05. The second kappa shape index (κ2) is 3.50. The third kappa shape index (κ3) is 1.34. The van der Waals surface area contributed by atoms with Gasteiger partial charge < -0.3 is 15.6 Å². The minimum Gasteiger partial charge on any atom is -0.507 e. The number of aromatic hydroxyl groups is 1. The maximum Gasteiger partial charge on any atom is 0.127 e. The molecule has 76 valence electrons. The number of aryl methyl sites for hydroxylation is 1. The van der Waals surface area contributed by atoms with Crippen LogP contribution in [0.25, 0.3) is 0 Å². The summed E-state index contributed by atoms with van der Waals surface area (Å²) < 4.78 is 5.43. The molecule has 0 bridgehead atoms. The van der Waals surface area contributed by atoms with Crippen molar-refractivity contribution < 1.29 is 9.84 Å². The van der Waals surface area contributed by atoms with Gasteiger partial charge in [-0.3, -0.25) is 0 Å². The zero-order valence-corrected chi connectivity index (χ0v) is 8.29. The number of benzene rings is 1. The molecule has 1 aromatic rings. The van der Waals surface area contributed by atoms with Crippen LogP contribution in [0, 0.1) is 0 Å². The van der Waals surface area contributed by atoms with Gasteiger partial charge in [-0.25, -0.2) is 0 Å². The van der Waals surface area contributed by atoms with Crippen molar-refractivity contribution in [2.75, 3.05) is 6.61 Å². The molecule has 0 spiro atoms. The highest BCUT2D eigenvalue weighted by Crippen LogP contribution is 2.39. The van der Waals surface area contributed by atoms with Crippen molar-refractivity contribution in [3.05, 3.63) is 23.3 Å². The van der Waals surface area contributed by atoms with Crippen molar-refractivity contribution in [3.8, 4) is 11.5 Å². The zero-order valence-electron chi connectivity index (χ0n) is 8.29. The minimum atomic E-state index is -0.0924. The molecule has 0 amide bonds. The molecule has 0 saturated carbocycles. The molecule has 3 heteroatoms. The summed E-state index contributed by atoms with van der Waals surface area (Å²) in [6.45, 7) is 2.65. The lowest BCUT2D eigenvalue weighted by Gasteiger charge is -2.24. The average Bonchev–Trinajstić information content (AvgIpc) is 2.18. The van der Waals surface area contributed by atoms with Crippen LogP contribution in [-0.2, 0) is 6.42 Å². The maximum absolute atomic E-state index is 9.95. The summed E-state index contributed by atoms with van der Waals surface area (Å²) in [4.78, 5) is 0. The second-order valence-corrected chi connectivity index (χ2v) is 3.58. The van der Waals surface area contributed by atoms with Gasteiger partial charge in [-0.15, -0.1) is 0 Å². The zero-order chi connectivity index (χ0) is 10.1. The van der Waals surface area contributed by atoms with Crippen LogP contribution in [0.4, 0.5) is 0 Å². The molecule has 0 radical (unpaired) electrons. The molecule has 0 aliphatic carbocycles. The summed E-state index contributed by atoms with van der Waals surface area (Å²) >= 11 is 0. The number of nitrogens with two attached hydrogens (primary N) is 1. The molecule has 1 unspecified atom stereocenters. The Bertz CT molecular complexity index is 349. The van der Waals surface area contributed by atoms with Crippen LogP contribution in [0.2, 0.25) is 0 Å². The van der Waals surface area contributed by atoms with E-state index in [-0.39, 0.29) is 6.04 Å². The standard InChI is InChI=1S/C11H15NO2/c1-2-7-3-4-9-10(11(7)13)8(12)5-6-14-9/h3-4,8,13H,2,5-6,12H2,1H3. The monoisotopic (exact) mass is 193 g/mol. The summed E-state index contributed by atoms with van der Waals surface area (Å²) in [6, 6.07) is 3.70. The van der Waals surface area contributed by atoms with Crippen LogP contribution in [0.3, 0.4) is 0 Å². The molecule has 1 aromatic carbocycles. The van der Waals surface area contributed by atoms with Gasteiger partial charge in [-0.2, -0.15) is 0 Å². The molecule has 1 heterocycles. The van der Waals surface area contributed by atoms with E-state index in [1.165, 1.54) is 0 Å². The summed E-state index contributed by atoms with van der Waals surface area (Å²) in [7, 11) is 0. The Labute approximate surface area is 83.5 Å². The first-order chi connectivity index (χ1) is 6.74.